The molecule has 3 N–H and O–H groups in total. The Labute approximate surface area is 177 Å². The van der Waals surface area contributed by atoms with Gasteiger partial charge in [0.05, 0.1) is 11.7 Å². The highest BCUT2D eigenvalue weighted by Gasteiger charge is 2.23. The molecule has 1 saturated heterocycles. The van der Waals surface area contributed by atoms with Gasteiger partial charge in [-0.15, -0.1) is 17.5 Å². The first kappa shape index (κ1) is 22.8. The molecule has 0 saturated carbocycles. The van der Waals surface area contributed by atoms with Gasteiger partial charge >= 0.3 is 0 Å². The zero-order valence-electron chi connectivity index (χ0n) is 17.1. The van der Waals surface area contributed by atoms with Crippen molar-refractivity contribution in [2.24, 2.45) is 5.92 Å². The Morgan fingerprint density at radius 1 is 1.14 bits per heavy atom. The first-order chi connectivity index (χ1) is 13.4. The second kappa shape index (κ2) is 10.4. The minimum absolute atomic E-state index is 0. The monoisotopic (exact) mass is 420 g/mol. The van der Waals surface area contributed by atoms with Gasteiger partial charge in [0.15, 0.2) is 5.69 Å². The normalized spacial score (nSPS) is 14.3. The molecule has 29 heavy (non-hydrogen) atoms. The molecule has 0 unspecified atom stereocenters. The first-order valence-electron chi connectivity index (χ1n) is 9.78. The molecule has 158 valence electrons. The average molecular weight is 421 g/mol. The van der Waals surface area contributed by atoms with Crippen molar-refractivity contribution in [3.05, 3.63) is 35.7 Å². The van der Waals surface area contributed by atoms with E-state index in [1.165, 1.54) is 0 Å². The van der Waals surface area contributed by atoms with E-state index in [-0.39, 0.29) is 30.3 Å². The van der Waals surface area contributed by atoms with Crippen molar-refractivity contribution in [2.75, 3.05) is 23.7 Å². The lowest BCUT2D eigenvalue weighted by Crippen LogP contribution is -2.30. The predicted molar refractivity (Wildman–Crippen MR) is 116 cm³/mol. The largest absolute Gasteiger partial charge is 0.326 e. The van der Waals surface area contributed by atoms with E-state index in [0.717, 1.165) is 31.6 Å². The van der Waals surface area contributed by atoms with Gasteiger partial charge in [0, 0.05) is 17.8 Å². The van der Waals surface area contributed by atoms with E-state index in [9.17, 15) is 9.59 Å². The molecule has 1 aliphatic heterocycles. The van der Waals surface area contributed by atoms with Crippen molar-refractivity contribution in [1.29, 1.82) is 0 Å². The third-order valence-corrected chi connectivity index (χ3v) is 4.82. The van der Waals surface area contributed by atoms with Crippen molar-refractivity contribution in [2.45, 2.75) is 46.1 Å². The van der Waals surface area contributed by atoms with E-state index in [1.54, 1.807) is 24.3 Å². The number of carbonyl (C=O) groups is 2. The molecule has 0 atom stereocenters. The second-order valence-corrected chi connectivity index (χ2v) is 7.63. The maximum absolute atomic E-state index is 12.6. The summed E-state index contributed by atoms with van der Waals surface area (Å²) in [5.74, 6) is 0.00584. The average Bonchev–Trinajstić information content (AvgIpc) is 3.05. The number of nitrogens with one attached hydrogen (secondary N) is 3. The van der Waals surface area contributed by atoms with Crippen LogP contribution in [0.1, 0.15) is 55.3 Å². The van der Waals surface area contributed by atoms with Gasteiger partial charge in [-0.05, 0) is 63.0 Å². The van der Waals surface area contributed by atoms with Crippen LogP contribution in [-0.4, -0.2) is 39.9 Å². The summed E-state index contributed by atoms with van der Waals surface area (Å²) in [6.45, 7) is 7.78. The van der Waals surface area contributed by atoms with Gasteiger partial charge < -0.3 is 16.0 Å². The van der Waals surface area contributed by atoms with Crippen LogP contribution in [0.5, 0.6) is 0 Å². The highest BCUT2D eigenvalue weighted by Crippen LogP contribution is 2.21. The van der Waals surface area contributed by atoms with E-state index in [0.29, 0.717) is 29.4 Å². The van der Waals surface area contributed by atoms with Crippen molar-refractivity contribution in [3.8, 4) is 0 Å². The molecule has 1 aromatic carbocycles. The van der Waals surface area contributed by atoms with Crippen LogP contribution in [-0.2, 0) is 4.79 Å². The molecule has 0 aliphatic carbocycles. The third kappa shape index (κ3) is 6.01. The van der Waals surface area contributed by atoms with E-state index < -0.39 is 0 Å². The Balaban J connectivity index is 0.00000300. The van der Waals surface area contributed by atoms with Crippen molar-refractivity contribution in [3.63, 3.8) is 0 Å². The summed E-state index contributed by atoms with van der Waals surface area (Å²) in [5, 5.41) is 17.3. The van der Waals surface area contributed by atoms with Gasteiger partial charge in [0.25, 0.3) is 5.91 Å². The Bertz CT molecular complexity index is 828. The topological polar surface area (TPSA) is 101 Å². The zero-order chi connectivity index (χ0) is 20.1. The lowest BCUT2D eigenvalue weighted by molar-refractivity contribution is -0.116. The van der Waals surface area contributed by atoms with Crippen molar-refractivity contribution in [1.82, 2.24) is 20.3 Å². The standard InChI is InChI=1S/C20H28N6O2.ClH/c1-13(2)12-18(27)22-15-4-6-16(7-5-15)23-20(28)19-14(3)26(25-24-19)17-8-10-21-11-9-17;/h4-7,13,17,21H,8-12H2,1-3H3,(H,22,27)(H,23,28);1H. The SMILES string of the molecule is Cc1c(C(=O)Nc2ccc(NC(=O)CC(C)C)cc2)nnn1C1CCNCC1.Cl. The molecule has 2 heterocycles. The molecule has 2 aromatic rings. The smallest absolute Gasteiger partial charge is 0.278 e. The lowest BCUT2D eigenvalue weighted by Gasteiger charge is -2.23. The number of amides is 2. The maximum Gasteiger partial charge on any atom is 0.278 e. The predicted octanol–water partition coefficient (Wildman–Crippen LogP) is 3.17. The number of carbonyl (C=O) groups excluding carboxylic acids is 2. The number of halogens is 1. The summed E-state index contributed by atoms with van der Waals surface area (Å²) < 4.78 is 1.86. The van der Waals surface area contributed by atoms with Gasteiger partial charge in [-0.1, -0.05) is 19.1 Å². The molecule has 3 rings (SSSR count). The Morgan fingerprint density at radius 2 is 1.72 bits per heavy atom. The fourth-order valence-electron chi connectivity index (χ4n) is 3.36. The molecule has 0 radical (unpaired) electrons. The number of hydrogen-bond donors (Lipinski definition) is 3. The van der Waals surface area contributed by atoms with Crippen LogP contribution in [0, 0.1) is 12.8 Å². The summed E-state index contributed by atoms with van der Waals surface area (Å²) in [5.41, 5.74) is 2.47. The second-order valence-electron chi connectivity index (χ2n) is 7.63. The van der Waals surface area contributed by atoms with Gasteiger partial charge in [0.2, 0.25) is 5.91 Å². The van der Waals surface area contributed by atoms with Crippen LogP contribution in [0.2, 0.25) is 0 Å². The number of hydrogen-bond acceptors (Lipinski definition) is 5. The van der Waals surface area contributed by atoms with E-state index in [1.807, 2.05) is 25.5 Å². The molecule has 1 aliphatic rings. The zero-order valence-corrected chi connectivity index (χ0v) is 17.9. The minimum atomic E-state index is -0.283. The summed E-state index contributed by atoms with van der Waals surface area (Å²) in [4.78, 5) is 24.4. The Morgan fingerprint density at radius 3 is 2.31 bits per heavy atom. The number of benzene rings is 1. The van der Waals surface area contributed by atoms with Gasteiger partial charge in [-0.3, -0.25) is 9.59 Å². The lowest BCUT2D eigenvalue weighted by atomic mass is 10.1. The number of anilines is 2. The summed E-state index contributed by atoms with van der Waals surface area (Å²) in [7, 11) is 0. The molecule has 9 heteroatoms. The molecular formula is C20H29ClN6O2. The van der Waals surface area contributed by atoms with Crippen molar-refractivity contribution >= 4 is 35.6 Å². The van der Waals surface area contributed by atoms with E-state index >= 15 is 0 Å². The number of aromatic nitrogens is 3. The third-order valence-electron chi connectivity index (χ3n) is 4.82. The summed E-state index contributed by atoms with van der Waals surface area (Å²) in [6, 6.07) is 7.34. The number of rotatable bonds is 6. The summed E-state index contributed by atoms with van der Waals surface area (Å²) in [6.07, 6.45) is 2.44. The van der Waals surface area contributed by atoms with Crippen molar-refractivity contribution < 1.29 is 9.59 Å². The Kier molecular flexibility index (Phi) is 8.16. The molecule has 1 fully saturated rings. The van der Waals surface area contributed by atoms with Crippen LogP contribution >= 0.6 is 12.4 Å². The van der Waals surface area contributed by atoms with Gasteiger partial charge in [0.1, 0.15) is 0 Å². The van der Waals surface area contributed by atoms with Crippen LogP contribution in [0.4, 0.5) is 11.4 Å². The van der Waals surface area contributed by atoms with Gasteiger partial charge in [-0.25, -0.2) is 4.68 Å². The minimum Gasteiger partial charge on any atom is -0.326 e. The maximum atomic E-state index is 12.6. The fourth-order valence-corrected chi connectivity index (χ4v) is 3.36. The van der Waals surface area contributed by atoms with Crippen LogP contribution in [0.3, 0.4) is 0 Å². The molecule has 1 aromatic heterocycles. The molecule has 2 amide bonds. The van der Waals surface area contributed by atoms with E-state index in [2.05, 4.69) is 26.3 Å². The first-order valence-corrected chi connectivity index (χ1v) is 9.78. The van der Waals surface area contributed by atoms with E-state index in [4.69, 9.17) is 0 Å². The molecular weight excluding hydrogens is 392 g/mol. The van der Waals surface area contributed by atoms with Crippen LogP contribution in [0.15, 0.2) is 24.3 Å². The number of nitrogens with zero attached hydrogens (tertiary/aromatic N) is 3. The highest BCUT2D eigenvalue weighted by atomic mass is 35.5. The Hall–Kier alpha value is -2.45. The fraction of sp³-hybridized carbons (Fsp3) is 0.500. The number of piperidine rings is 1. The molecule has 8 nitrogen and oxygen atoms in total. The highest BCUT2D eigenvalue weighted by molar-refractivity contribution is 6.03. The quantitative estimate of drug-likeness (QED) is 0.666. The van der Waals surface area contributed by atoms with Gasteiger partial charge in [-0.2, -0.15) is 0 Å². The molecule has 0 bridgehead atoms. The summed E-state index contributed by atoms with van der Waals surface area (Å²) >= 11 is 0. The van der Waals surface area contributed by atoms with Crippen LogP contribution < -0.4 is 16.0 Å². The van der Waals surface area contributed by atoms with Crippen LogP contribution in [0.25, 0.3) is 0 Å². The molecule has 0 spiro atoms.